The maximum Gasteiger partial charge on any atom is 0.326 e. The number of rotatable bonds is 5. The van der Waals surface area contributed by atoms with E-state index in [9.17, 15) is 14.4 Å². The first-order valence-corrected chi connectivity index (χ1v) is 7.29. The number of amides is 2. The summed E-state index contributed by atoms with van der Waals surface area (Å²) in [5.74, 6) is -1.97. The van der Waals surface area contributed by atoms with Gasteiger partial charge in [0.1, 0.15) is 6.04 Å². The summed E-state index contributed by atoms with van der Waals surface area (Å²) < 4.78 is 0. The molecule has 21 heavy (non-hydrogen) atoms. The predicted molar refractivity (Wildman–Crippen MR) is 80.4 cm³/mol. The lowest BCUT2D eigenvalue weighted by Crippen LogP contribution is -2.51. The van der Waals surface area contributed by atoms with Crippen LogP contribution in [0.5, 0.6) is 0 Å². The molecule has 0 saturated heterocycles. The van der Waals surface area contributed by atoms with E-state index in [1.54, 1.807) is 26.8 Å². The second-order valence-corrected chi connectivity index (χ2v) is 7.09. The number of carbonyl (C=O) groups is 3. The molecule has 1 rings (SSSR count). The van der Waals surface area contributed by atoms with E-state index < -0.39 is 23.3 Å². The van der Waals surface area contributed by atoms with Crippen molar-refractivity contribution in [1.29, 1.82) is 0 Å². The van der Waals surface area contributed by atoms with Crippen molar-refractivity contribution in [2.45, 2.75) is 33.7 Å². The minimum Gasteiger partial charge on any atom is -0.480 e. The van der Waals surface area contributed by atoms with E-state index in [0.717, 1.165) is 4.88 Å². The van der Waals surface area contributed by atoms with Gasteiger partial charge in [-0.3, -0.25) is 9.59 Å². The van der Waals surface area contributed by atoms with Crippen molar-refractivity contribution in [3.63, 3.8) is 0 Å². The minimum atomic E-state index is -1.10. The summed E-state index contributed by atoms with van der Waals surface area (Å²) in [6.45, 7) is 6.79. The van der Waals surface area contributed by atoms with Crippen LogP contribution in [0.4, 0.5) is 0 Å². The molecule has 0 bridgehead atoms. The van der Waals surface area contributed by atoms with Gasteiger partial charge in [0.15, 0.2) is 0 Å². The minimum absolute atomic E-state index is 0.254. The number of thiophene rings is 1. The van der Waals surface area contributed by atoms with Crippen LogP contribution in [0.1, 0.15) is 35.3 Å². The zero-order valence-corrected chi connectivity index (χ0v) is 13.3. The molecule has 0 aromatic carbocycles. The number of hydrogen-bond acceptors (Lipinski definition) is 4. The highest BCUT2D eigenvalue weighted by atomic mass is 32.1. The largest absolute Gasteiger partial charge is 0.480 e. The Balaban J connectivity index is 2.54. The van der Waals surface area contributed by atoms with Gasteiger partial charge in [0, 0.05) is 4.88 Å². The molecule has 0 saturated carbocycles. The number of carbonyl (C=O) groups excluding carboxylic acids is 2. The summed E-state index contributed by atoms with van der Waals surface area (Å²) in [5, 5.41) is 14.0. The monoisotopic (exact) mass is 312 g/mol. The third kappa shape index (κ3) is 5.18. The van der Waals surface area contributed by atoms with Crippen LogP contribution in [0.3, 0.4) is 0 Å². The van der Waals surface area contributed by atoms with Crippen LogP contribution in [0, 0.1) is 12.3 Å². The number of carboxylic acid groups (broad SMARTS) is 1. The van der Waals surface area contributed by atoms with Crippen LogP contribution in [0.25, 0.3) is 0 Å². The smallest absolute Gasteiger partial charge is 0.326 e. The molecule has 0 aliphatic carbocycles. The van der Waals surface area contributed by atoms with Gasteiger partial charge in [0.25, 0.3) is 5.91 Å². The maximum absolute atomic E-state index is 11.8. The molecular weight excluding hydrogens is 292 g/mol. The Morgan fingerprint density at radius 3 is 2.33 bits per heavy atom. The van der Waals surface area contributed by atoms with Gasteiger partial charge in [-0.05, 0) is 24.5 Å². The van der Waals surface area contributed by atoms with Gasteiger partial charge in [0.2, 0.25) is 5.91 Å². The summed E-state index contributed by atoms with van der Waals surface area (Å²) >= 11 is 1.33. The van der Waals surface area contributed by atoms with Crippen LogP contribution in [-0.2, 0) is 9.59 Å². The number of nitrogens with one attached hydrogen (secondary N) is 2. The fourth-order valence-corrected chi connectivity index (χ4v) is 2.45. The first-order chi connectivity index (χ1) is 9.61. The lowest BCUT2D eigenvalue weighted by atomic mass is 9.87. The van der Waals surface area contributed by atoms with Crippen molar-refractivity contribution < 1.29 is 19.5 Å². The highest BCUT2D eigenvalue weighted by Gasteiger charge is 2.32. The Morgan fingerprint density at radius 1 is 1.29 bits per heavy atom. The average molecular weight is 312 g/mol. The van der Waals surface area contributed by atoms with Crippen LogP contribution >= 0.6 is 11.3 Å². The van der Waals surface area contributed by atoms with Gasteiger partial charge in [-0.1, -0.05) is 20.8 Å². The topological polar surface area (TPSA) is 95.5 Å². The van der Waals surface area contributed by atoms with Crippen molar-refractivity contribution in [2.24, 2.45) is 5.41 Å². The van der Waals surface area contributed by atoms with Crippen LogP contribution in [-0.4, -0.2) is 35.5 Å². The molecule has 1 aromatic rings. The fourth-order valence-electron chi connectivity index (χ4n) is 1.66. The van der Waals surface area contributed by atoms with E-state index in [-0.39, 0.29) is 12.5 Å². The van der Waals surface area contributed by atoms with Gasteiger partial charge >= 0.3 is 5.97 Å². The fraction of sp³-hybridized carbons (Fsp3) is 0.500. The van der Waals surface area contributed by atoms with Crippen molar-refractivity contribution in [3.05, 3.63) is 21.9 Å². The molecule has 0 aliphatic rings. The first-order valence-electron chi connectivity index (χ1n) is 6.48. The zero-order valence-electron chi connectivity index (χ0n) is 12.5. The van der Waals surface area contributed by atoms with Crippen LogP contribution in [0.15, 0.2) is 12.1 Å². The summed E-state index contributed by atoms with van der Waals surface area (Å²) in [6, 6.07) is 2.49. The molecular formula is C14H20N2O4S. The van der Waals surface area contributed by atoms with Gasteiger partial charge in [-0.15, -0.1) is 11.3 Å². The standard InChI is InChI=1S/C14H20N2O4S/c1-8-5-6-9(21-8)12(18)15-7-10(17)16-11(13(19)20)14(2,3)4/h5-6,11H,7H2,1-4H3,(H,15,18)(H,16,17)(H,19,20)/t11-/m0/s1. The maximum atomic E-state index is 11.8. The third-order valence-electron chi connectivity index (χ3n) is 2.79. The molecule has 0 spiro atoms. The third-order valence-corrected chi connectivity index (χ3v) is 3.79. The van der Waals surface area contributed by atoms with E-state index in [1.165, 1.54) is 11.3 Å². The summed E-state index contributed by atoms with van der Waals surface area (Å²) in [5.41, 5.74) is -0.615. The second-order valence-electron chi connectivity index (χ2n) is 5.80. The quantitative estimate of drug-likeness (QED) is 0.766. The second kappa shape index (κ2) is 6.71. The van der Waals surface area contributed by atoms with E-state index in [1.807, 2.05) is 13.0 Å². The molecule has 116 valence electrons. The zero-order chi connectivity index (χ0) is 16.2. The molecule has 3 N–H and O–H groups in total. The van der Waals surface area contributed by atoms with E-state index in [0.29, 0.717) is 4.88 Å². The van der Waals surface area contributed by atoms with Gasteiger partial charge in [-0.25, -0.2) is 4.79 Å². The Hall–Kier alpha value is -1.89. The van der Waals surface area contributed by atoms with Crippen molar-refractivity contribution in [3.8, 4) is 0 Å². The first kappa shape index (κ1) is 17.2. The van der Waals surface area contributed by atoms with E-state index in [2.05, 4.69) is 10.6 Å². The number of hydrogen-bond donors (Lipinski definition) is 3. The molecule has 0 unspecified atom stereocenters. The van der Waals surface area contributed by atoms with Gasteiger partial charge in [-0.2, -0.15) is 0 Å². The molecule has 0 fully saturated rings. The lowest BCUT2D eigenvalue weighted by molar-refractivity contribution is -0.144. The number of carboxylic acids is 1. The molecule has 7 heteroatoms. The van der Waals surface area contributed by atoms with Gasteiger partial charge < -0.3 is 15.7 Å². The predicted octanol–water partition coefficient (Wildman–Crippen LogP) is 1.40. The van der Waals surface area contributed by atoms with Crippen LogP contribution in [0.2, 0.25) is 0 Å². The Bertz CT molecular complexity index is 545. The van der Waals surface area contributed by atoms with Crippen molar-refractivity contribution >= 4 is 29.1 Å². The highest BCUT2D eigenvalue weighted by molar-refractivity contribution is 7.13. The molecule has 1 aromatic heterocycles. The SMILES string of the molecule is Cc1ccc(C(=O)NCC(=O)N[C@@H](C(=O)O)C(C)(C)C)s1. The van der Waals surface area contributed by atoms with E-state index in [4.69, 9.17) is 5.11 Å². The van der Waals surface area contributed by atoms with Crippen molar-refractivity contribution in [2.75, 3.05) is 6.54 Å². The van der Waals surface area contributed by atoms with Crippen LogP contribution < -0.4 is 10.6 Å². The molecule has 1 atom stereocenters. The molecule has 0 aliphatic heterocycles. The summed E-state index contributed by atoms with van der Waals surface area (Å²) in [4.78, 5) is 36.2. The number of aryl methyl sites for hydroxylation is 1. The normalized spacial score (nSPS) is 12.6. The summed E-state index contributed by atoms with van der Waals surface area (Å²) in [7, 11) is 0. The molecule has 1 heterocycles. The Kier molecular flexibility index (Phi) is 5.48. The van der Waals surface area contributed by atoms with Gasteiger partial charge in [0.05, 0.1) is 11.4 Å². The number of aliphatic carboxylic acids is 1. The molecule has 0 radical (unpaired) electrons. The average Bonchev–Trinajstić information content (AvgIpc) is 2.78. The lowest BCUT2D eigenvalue weighted by Gasteiger charge is -2.27. The Morgan fingerprint density at radius 2 is 1.90 bits per heavy atom. The molecule has 2 amide bonds. The van der Waals surface area contributed by atoms with Crippen molar-refractivity contribution in [1.82, 2.24) is 10.6 Å². The molecule has 6 nitrogen and oxygen atoms in total. The summed E-state index contributed by atoms with van der Waals surface area (Å²) in [6.07, 6.45) is 0. The van der Waals surface area contributed by atoms with E-state index >= 15 is 0 Å². The highest BCUT2D eigenvalue weighted by Crippen LogP contribution is 2.19. The Labute approximate surface area is 127 Å².